The number of nitrogens with zero attached hydrogens (tertiary/aromatic N) is 2. The molecule has 0 amide bonds. The van der Waals surface area contributed by atoms with Crippen LogP contribution in [0, 0.1) is 0 Å². The van der Waals surface area contributed by atoms with E-state index in [1.807, 2.05) is 17.7 Å². The molecule has 98 valence electrons. The largest absolute Gasteiger partial charge is 0.385 e. The number of hydrogen-bond acceptors (Lipinski definition) is 4. The predicted octanol–water partition coefficient (Wildman–Crippen LogP) is 1.10. The number of imidazole rings is 1. The molecule has 1 aromatic heterocycles. The van der Waals surface area contributed by atoms with Crippen LogP contribution in [-0.2, 0) is 22.1 Å². The Hall–Kier alpha value is -0.880. The highest BCUT2D eigenvalue weighted by molar-refractivity contribution is 7.84. The number of anilines is 1. The molecular formula is C11H21N3O2S. The summed E-state index contributed by atoms with van der Waals surface area (Å²) in [7, 11) is 0.970. The van der Waals surface area contributed by atoms with Gasteiger partial charge in [0.25, 0.3) is 0 Å². The maximum atomic E-state index is 11.4. The van der Waals surface area contributed by atoms with Crippen LogP contribution in [0.4, 0.5) is 5.95 Å². The monoisotopic (exact) mass is 259 g/mol. The minimum Gasteiger partial charge on any atom is -0.385 e. The van der Waals surface area contributed by atoms with Crippen molar-refractivity contribution in [3.63, 3.8) is 0 Å². The van der Waals surface area contributed by atoms with Crippen molar-refractivity contribution >= 4 is 16.7 Å². The van der Waals surface area contributed by atoms with E-state index in [0.29, 0.717) is 11.5 Å². The lowest BCUT2D eigenvalue weighted by Crippen LogP contribution is -2.13. The highest BCUT2D eigenvalue weighted by Crippen LogP contribution is 2.04. The van der Waals surface area contributed by atoms with Crippen LogP contribution in [0.3, 0.4) is 0 Å². The number of ether oxygens (including phenoxy) is 1. The van der Waals surface area contributed by atoms with Crippen LogP contribution in [0.5, 0.6) is 0 Å². The summed E-state index contributed by atoms with van der Waals surface area (Å²) in [6, 6.07) is 0. The van der Waals surface area contributed by atoms with Gasteiger partial charge >= 0.3 is 0 Å². The molecule has 0 aromatic carbocycles. The molecule has 1 unspecified atom stereocenters. The molecular weight excluding hydrogens is 238 g/mol. The molecule has 0 saturated heterocycles. The second-order valence-corrected chi connectivity index (χ2v) is 5.52. The average Bonchev–Trinajstić information content (AvgIpc) is 2.79. The molecule has 0 saturated carbocycles. The first-order valence-corrected chi connectivity index (χ1v) is 7.35. The van der Waals surface area contributed by atoms with E-state index in [0.717, 1.165) is 32.1 Å². The van der Waals surface area contributed by atoms with Crippen LogP contribution in [-0.4, -0.2) is 45.5 Å². The van der Waals surface area contributed by atoms with Gasteiger partial charge in [0.2, 0.25) is 5.95 Å². The van der Waals surface area contributed by atoms with E-state index in [1.54, 1.807) is 13.3 Å². The molecule has 0 aliphatic heterocycles. The standard InChI is InChI=1S/C11H21N3O2S/c1-3-17(15)10-8-14-7-6-13-11(14)12-5-4-9-16-2/h6-7H,3-5,8-10H2,1-2H3,(H,12,13). The quantitative estimate of drug-likeness (QED) is 0.675. The van der Waals surface area contributed by atoms with E-state index in [-0.39, 0.29) is 0 Å². The van der Waals surface area contributed by atoms with Crippen LogP contribution in [0.15, 0.2) is 12.4 Å². The first-order valence-electron chi connectivity index (χ1n) is 5.86. The molecule has 0 aliphatic carbocycles. The molecule has 6 heteroatoms. The molecule has 5 nitrogen and oxygen atoms in total. The maximum Gasteiger partial charge on any atom is 0.202 e. The highest BCUT2D eigenvalue weighted by atomic mass is 32.2. The summed E-state index contributed by atoms with van der Waals surface area (Å²) < 4.78 is 18.3. The Morgan fingerprint density at radius 1 is 1.59 bits per heavy atom. The Balaban J connectivity index is 2.34. The van der Waals surface area contributed by atoms with E-state index in [1.165, 1.54) is 0 Å². The number of aromatic nitrogens is 2. The molecule has 17 heavy (non-hydrogen) atoms. The van der Waals surface area contributed by atoms with Crippen LogP contribution in [0.2, 0.25) is 0 Å². The van der Waals surface area contributed by atoms with Gasteiger partial charge in [-0.2, -0.15) is 0 Å². The van der Waals surface area contributed by atoms with Crippen molar-refractivity contribution in [2.24, 2.45) is 0 Å². The lowest BCUT2D eigenvalue weighted by molar-refractivity contribution is 0.197. The third-order valence-electron chi connectivity index (χ3n) is 2.41. The van der Waals surface area contributed by atoms with Gasteiger partial charge in [-0.25, -0.2) is 4.98 Å². The summed E-state index contributed by atoms with van der Waals surface area (Å²) in [5, 5.41) is 3.24. The second-order valence-electron chi connectivity index (χ2n) is 3.65. The first kappa shape index (κ1) is 14.2. The van der Waals surface area contributed by atoms with E-state index in [4.69, 9.17) is 4.74 Å². The van der Waals surface area contributed by atoms with Crippen molar-refractivity contribution in [3.8, 4) is 0 Å². The summed E-state index contributed by atoms with van der Waals surface area (Å²) >= 11 is 0. The number of hydrogen-bond donors (Lipinski definition) is 1. The third-order valence-corrected chi connectivity index (χ3v) is 3.69. The fourth-order valence-electron chi connectivity index (χ4n) is 1.42. The van der Waals surface area contributed by atoms with Crippen molar-refractivity contribution < 1.29 is 8.95 Å². The molecule has 1 rings (SSSR count). The van der Waals surface area contributed by atoms with Gasteiger partial charge < -0.3 is 14.6 Å². The topological polar surface area (TPSA) is 56.2 Å². The second kappa shape index (κ2) is 8.25. The van der Waals surface area contributed by atoms with Crippen molar-refractivity contribution in [3.05, 3.63) is 12.4 Å². The van der Waals surface area contributed by atoms with Gasteiger partial charge in [-0.05, 0) is 6.42 Å². The Kier molecular flexibility index (Phi) is 6.88. The zero-order valence-corrected chi connectivity index (χ0v) is 11.3. The number of methoxy groups -OCH3 is 1. The number of nitrogens with one attached hydrogen (secondary N) is 1. The molecule has 1 atom stereocenters. The summed E-state index contributed by atoms with van der Waals surface area (Å²) in [6.07, 6.45) is 4.61. The zero-order valence-electron chi connectivity index (χ0n) is 10.5. The predicted molar refractivity (Wildman–Crippen MR) is 70.8 cm³/mol. The lowest BCUT2D eigenvalue weighted by atomic mass is 10.4. The SMILES string of the molecule is CCS(=O)CCn1ccnc1NCCCOC. The Labute approximate surface area is 105 Å². The number of rotatable bonds is 9. The summed E-state index contributed by atoms with van der Waals surface area (Å²) in [4.78, 5) is 4.23. The molecule has 0 radical (unpaired) electrons. The van der Waals surface area contributed by atoms with Crippen LogP contribution < -0.4 is 5.32 Å². The van der Waals surface area contributed by atoms with Gasteiger partial charge in [0.1, 0.15) is 0 Å². The normalized spacial score (nSPS) is 12.6. The zero-order chi connectivity index (χ0) is 12.5. The molecule has 1 heterocycles. The van der Waals surface area contributed by atoms with Crippen molar-refractivity contribution in [2.75, 3.05) is 37.1 Å². The van der Waals surface area contributed by atoms with E-state index in [2.05, 4.69) is 10.3 Å². The van der Waals surface area contributed by atoms with Gasteiger partial charge in [0.05, 0.1) is 0 Å². The Morgan fingerprint density at radius 2 is 2.41 bits per heavy atom. The summed E-state index contributed by atoms with van der Waals surface area (Å²) in [6.45, 7) is 4.26. The van der Waals surface area contributed by atoms with Crippen LogP contribution in [0.25, 0.3) is 0 Å². The fraction of sp³-hybridized carbons (Fsp3) is 0.727. The molecule has 1 N–H and O–H groups in total. The minimum atomic E-state index is -0.725. The molecule has 0 spiro atoms. The summed E-state index contributed by atoms with van der Waals surface area (Å²) in [5.74, 6) is 2.24. The maximum absolute atomic E-state index is 11.4. The molecule has 0 aliphatic rings. The minimum absolute atomic E-state index is 0.680. The van der Waals surface area contributed by atoms with Crippen molar-refractivity contribution in [1.82, 2.24) is 9.55 Å². The van der Waals surface area contributed by atoms with Gasteiger partial charge in [-0.1, -0.05) is 6.92 Å². The molecule has 1 aromatic rings. The van der Waals surface area contributed by atoms with Gasteiger partial charge in [0.15, 0.2) is 0 Å². The van der Waals surface area contributed by atoms with Crippen LogP contribution in [0.1, 0.15) is 13.3 Å². The van der Waals surface area contributed by atoms with Crippen molar-refractivity contribution in [2.45, 2.75) is 19.9 Å². The smallest absolute Gasteiger partial charge is 0.202 e. The molecule has 0 fully saturated rings. The van der Waals surface area contributed by atoms with Crippen LogP contribution >= 0.6 is 0 Å². The highest BCUT2D eigenvalue weighted by Gasteiger charge is 2.03. The third kappa shape index (κ3) is 5.32. The average molecular weight is 259 g/mol. The summed E-state index contributed by atoms with van der Waals surface area (Å²) in [5.41, 5.74) is 0. The fourth-order valence-corrected chi connectivity index (χ4v) is 2.11. The Morgan fingerprint density at radius 3 is 3.12 bits per heavy atom. The van der Waals surface area contributed by atoms with E-state index < -0.39 is 10.8 Å². The van der Waals surface area contributed by atoms with Gasteiger partial charge in [0, 0.05) is 61.5 Å². The lowest BCUT2D eigenvalue weighted by Gasteiger charge is -2.09. The van der Waals surface area contributed by atoms with Gasteiger partial charge in [-0.15, -0.1) is 0 Å². The molecule has 0 bridgehead atoms. The number of aryl methyl sites for hydroxylation is 1. The van der Waals surface area contributed by atoms with Crippen molar-refractivity contribution in [1.29, 1.82) is 0 Å². The van der Waals surface area contributed by atoms with Gasteiger partial charge in [-0.3, -0.25) is 4.21 Å². The van der Waals surface area contributed by atoms with E-state index in [9.17, 15) is 4.21 Å². The van der Waals surface area contributed by atoms with E-state index >= 15 is 0 Å². The Bertz CT molecular complexity index is 341. The first-order chi connectivity index (χ1) is 8.27.